The Kier molecular flexibility index (Phi) is 7.85. The SMILES string of the molecule is N#CC1=C(N)N(c2nnc(SCC(=O)Nc3ccccc3Cl)s2)C2=C(C(=O)CCC2)C1c1ccccc1Br. The number of nitrogens with two attached hydrogens (primary N) is 1. The van der Waals surface area contributed by atoms with Gasteiger partial charge in [0.1, 0.15) is 5.82 Å². The fourth-order valence-corrected chi connectivity index (χ4v) is 6.93. The number of rotatable bonds is 6. The van der Waals surface area contributed by atoms with Crippen LogP contribution in [0.4, 0.5) is 10.8 Å². The molecule has 0 spiro atoms. The number of carbonyl (C=O) groups excluding carboxylic acids is 2. The molecule has 1 aromatic heterocycles. The van der Waals surface area contributed by atoms with Crippen molar-refractivity contribution in [2.75, 3.05) is 16.0 Å². The average Bonchev–Trinajstić information content (AvgIpc) is 3.37. The summed E-state index contributed by atoms with van der Waals surface area (Å²) in [5.41, 5.74) is 9.55. The molecule has 8 nitrogen and oxygen atoms in total. The predicted molar refractivity (Wildman–Crippen MR) is 153 cm³/mol. The van der Waals surface area contributed by atoms with Crippen LogP contribution in [0.1, 0.15) is 30.7 Å². The van der Waals surface area contributed by atoms with Crippen molar-refractivity contribution < 1.29 is 9.59 Å². The lowest BCUT2D eigenvalue weighted by Crippen LogP contribution is -2.38. The highest BCUT2D eigenvalue weighted by atomic mass is 79.9. The molecule has 5 rings (SSSR count). The van der Waals surface area contributed by atoms with Crippen molar-refractivity contribution in [3.8, 4) is 6.07 Å². The summed E-state index contributed by atoms with van der Waals surface area (Å²) >= 11 is 12.2. The summed E-state index contributed by atoms with van der Waals surface area (Å²) < 4.78 is 1.35. The van der Waals surface area contributed by atoms with Gasteiger partial charge in [-0.2, -0.15) is 5.26 Å². The van der Waals surface area contributed by atoms with E-state index >= 15 is 0 Å². The first-order chi connectivity index (χ1) is 18.4. The lowest BCUT2D eigenvalue weighted by atomic mass is 9.76. The molecular formula is C26H20BrClN6O2S2. The van der Waals surface area contributed by atoms with Gasteiger partial charge in [0.2, 0.25) is 11.0 Å². The summed E-state index contributed by atoms with van der Waals surface area (Å²) in [4.78, 5) is 27.4. The van der Waals surface area contributed by atoms with Gasteiger partial charge >= 0.3 is 0 Å². The van der Waals surface area contributed by atoms with Gasteiger partial charge in [-0.05, 0) is 36.6 Å². The minimum Gasteiger partial charge on any atom is -0.384 e. The highest BCUT2D eigenvalue weighted by Crippen LogP contribution is 2.48. The van der Waals surface area contributed by atoms with E-state index in [2.05, 4.69) is 37.5 Å². The Balaban J connectivity index is 1.44. The number of nitriles is 1. The summed E-state index contributed by atoms with van der Waals surface area (Å²) in [6, 6.07) is 16.8. The third kappa shape index (κ3) is 5.09. The number of amides is 1. The maximum Gasteiger partial charge on any atom is 0.234 e. The Hall–Kier alpha value is -3.17. The van der Waals surface area contributed by atoms with Crippen LogP contribution in [0.15, 0.2) is 80.0 Å². The summed E-state index contributed by atoms with van der Waals surface area (Å²) in [5, 5.41) is 22.4. The maximum atomic E-state index is 13.3. The second-order valence-electron chi connectivity index (χ2n) is 8.50. The highest BCUT2D eigenvalue weighted by Gasteiger charge is 2.41. The van der Waals surface area contributed by atoms with E-state index in [0.29, 0.717) is 45.0 Å². The van der Waals surface area contributed by atoms with Crippen molar-refractivity contribution in [2.24, 2.45) is 5.73 Å². The number of carbonyl (C=O) groups is 2. The summed E-state index contributed by atoms with van der Waals surface area (Å²) in [5.74, 6) is -0.475. The van der Waals surface area contributed by atoms with E-state index in [-0.39, 0.29) is 28.8 Å². The first-order valence-corrected chi connectivity index (χ1v) is 14.6. The molecular weight excluding hydrogens is 608 g/mol. The molecule has 0 bridgehead atoms. The van der Waals surface area contributed by atoms with Gasteiger partial charge in [-0.1, -0.05) is 81.0 Å². The number of thioether (sulfide) groups is 1. The minimum atomic E-state index is -0.565. The molecule has 3 aromatic rings. The third-order valence-electron chi connectivity index (χ3n) is 6.19. The molecule has 2 heterocycles. The zero-order valence-electron chi connectivity index (χ0n) is 19.8. The highest BCUT2D eigenvalue weighted by molar-refractivity contribution is 9.10. The number of anilines is 2. The van der Waals surface area contributed by atoms with E-state index in [9.17, 15) is 14.9 Å². The molecule has 3 N–H and O–H groups in total. The Morgan fingerprint density at radius 2 is 2.00 bits per heavy atom. The molecule has 1 amide bonds. The number of Topliss-reactive ketones (excluding diaryl/α,β-unsaturated/α-hetero) is 1. The zero-order chi connectivity index (χ0) is 26.8. The van der Waals surface area contributed by atoms with Crippen LogP contribution in [0.3, 0.4) is 0 Å². The molecule has 38 heavy (non-hydrogen) atoms. The first kappa shape index (κ1) is 26.4. The van der Waals surface area contributed by atoms with E-state index in [0.717, 1.165) is 15.7 Å². The number of nitrogens with one attached hydrogen (secondary N) is 1. The van der Waals surface area contributed by atoms with Gasteiger partial charge in [0.25, 0.3) is 0 Å². The number of para-hydroxylation sites is 1. The Morgan fingerprint density at radius 1 is 1.24 bits per heavy atom. The van der Waals surface area contributed by atoms with Gasteiger partial charge in [-0.3, -0.25) is 14.5 Å². The second kappa shape index (κ2) is 11.3. The number of ketones is 1. The molecule has 1 atom stereocenters. The first-order valence-electron chi connectivity index (χ1n) is 11.6. The molecule has 0 saturated heterocycles. The molecule has 0 fully saturated rings. The topological polar surface area (TPSA) is 125 Å². The van der Waals surface area contributed by atoms with Crippen LogP contribution < -0.4 is 16.0 Å². The van der Waals surface area contributed by atoms with Crippen molar-refractivity contribution in [3.63, 3.8) is 0 Å². The average molecular weight is 628 g/mol. The number of hydrogen-bond donors (Lipinski definition) is 2. The fraction of sp³-hybridized carbons (Fsp3) is 0.192. The molecule has 2 aromatic carbocycles. The number of aromatic nitrogens is 2. The van der Waals surface area contributed by atoms with Gasteiger partial charge in [0.15, 0.2) is 10.1 Å². The van der Waals surface area contributed by atoms with Crippen molar-refractivity contribution >= 4 is 73.1 Å². The number of allylic oxidation sites excluding steroid dienone is 3. The molecule has 2 aliphatic rings. The molecule has 1 aliphatic carbocycles. The molecule has 0 radical (unpaired) electrons. The molecule has 12 heteroatoms. The van der Waals surface area contributed by atoms with E-state index in [1.165, 1.54) is 23.1 Å². The Morgan fingerprint density at radius 3 is 2.76 bits per heavy atom. The molecule has 1 unspecified atom stereocenters. The summed E-state index contributed by atoms with van der Waals surface area (Å²) in [6.07, 6.45) is 1.70. The van der Waals surface area contributed by atoms with Crippen molar-refractivity contribution in [3.05, 3.63) is 86.3 Å². The fourth-order valence-electron chi connectivity index (χ4n) is 4.55. The van der Waals surface area contributed by atoms with E-state index < -0.39 is 5.92 Å². The van der Waals surface area contributed by atoms with Gasteiger partial charge < -0.3 is 11.1 Å². The third-order valence-corrected chi connectivity index (χ3v) is 9.28. The summed E-state index contributed by atoms with van der Waals surface area (Å²) in [7, 11) is 0. The van der Waals surface area contributed by atoms with Crippen molar-refractivity contribution in [1.82, 2.24) is 10.2 Å². The molecule has 192 valence electrons. The van der Waals surface area contributed by atoms with Crippen LogP contribution in [0.25, 0.3) is 0 Å². The van der Waals surface area contributed by atoms with Gasteiger partial charge in [-0.15, -0.1) is 10.2 Å². The zero-order valence-corrected chi connectivity index (χ0v) is 23.8. The van der Waals surface area contributed by atoms with Gasteiger partial charge in [0, 0.05) is 22.2 Å². The van der Waals surface area contributed by atoms with Crippen LogP contribution >= 0.6 is 50.6 Å². The van der Waals surface area contributed by atoms with Gasteiger partial charge in [-0.25, -0.2) is 0 Å². The van der Waals surface area contributed by atoms with E-state index in [1.807, 2.05) is 24.3 Å². The molecule has 1 aliphatic heterocycles. The smallest absolute Gasteiger partial charge is 0.234 e. The van der Waals surface area contributed by atoms with Crippen LogP contribution in [0.5, 0.6) is 0 Å². The van der Waals surface area contributed by atoms with E-state index in [4.69, 9.17) is 17.3 Å². The lowest BCUT2D eigenvalue weighted by molar-refractivity contribution is -0.116. The minimum absolute atomic E-state index is 0.00684. The Bertz CT molecular complexity index is 1550. The summed E-state index contributed by atoms with van der Waals surface area (Å²) in [6.45, 7) is 0. The lowest BCUT2D eigenvalue weighted by Gasteiger charge is -2.38. The number of hydrogen-bond acceptors (Lipinski definition) is 9. The number of nitrogens with zero attached hydrogens (tertiary/aromatic N) is 4. The van der Waals surface area contributed by atoms with E-state index in [1.54, 1.807) is 29.2 Å². The normalized spacial score (nSPS) is 17.3. The van der Waals surface area contributed by atoms with Crippen LogP contribution in [-0.2, 0) is 9.59 Å². The van der Waals surface area contributed by atoms with Gasteiger partial charge in [0.05, 0.1) is 34.0 Å². The van der Waals surface area contributed by atoms with Crippen LogP contribution in [0.2, 0.25) is 5.02 Å². The molecule has 0 saturated carbocycles. The standard InChI is InChI=1S/C26H20BrClN6O2S2/c27-16-7-2-1-6-14(16)22-15(12-29)24(30)34(19-10-5-11-20(35)23(19)22)25-32-33-26(38-25)37-13-21(36)31-18-9-4-3-8-17(18)28/h1-4,6-9,22H,5,10-11,13,30H2,(H,31,36). The maximum absolute atomic E-state index is 13.3. The van der Waals surface area contributed by atoms with Crippen molar-refractivity contribution in [2.45, 2.75) is 29.5 Å². The largest absolute Gasteiger partial charge is 0.384 e. The number of benzene rings is 2. The Labute approximate surface area is 240 Å². The second-order valence-corrected chi connectivity index (χ2v) is 11.9. The predicted octanol–water partition coefficient (Wildman–Crippen LogP) is 5.99. The quantitative estimate of drug-likeness (QED) is 0.319. The monoisotopic (exact) mass is 626 g/mol. The van der Waals surface area contributed by atoms with Crippen LogP contribution in [0, 0.1) is 11.3 Å². The number of halogens is 2. The van der Waals surface area contributed by atoms with Crippen LogP contribution in [-0.4, -0.2) is 27.6 Å². The van der Waals surface area contributed by atoms with Crippen molar-refractivity contribution in [1.29, 1.82) is 5.26 Å².